The van der Waals surface area contributed by atoms with E-state index in [9.17, 15) is 13.6 Å². The standard InChI is InChI=1S/C19H25F2N3OS/c1-12-15-11-16(17(25)22-13-5-3-2-4-6-13)26-18(15)24(23-12)14-7-9-19(20,21)10-8-14/h11,13-14H,2-10H2,1H3,(H,22,25). The number of aryl methyl sites for hydroxylation is 1. The first-order valence-corrected chi connectivity index (χ1v) is 10.4. The van der Waals surface area contributed by atoms with Crippen LogP contribution in [0.3, 0.4) is 0 Å². The van der Waals surface area contributed by atoms with Gasteiger partial charge in [-0.15, -0.1) is 11.3 Å². The Hall–Kier alpha value is -1.50. The Morgan fingerprint density at radius 1 is 1.23 bits per heavy atom. The first-order chi connectivity index (χ1) is 12.4. The van der Waals surface area contributed by atoms with Crippen molar-refractivity contribution in [2.45, 2.75) is 82.7 Å². The molecule has 2 aromatic heterocycles. The molecule has 2 aromatic rings. The van der Waals surface area contributed by atoms with Crippen molar-refractivity contribution in [3.05, 3.63) is 16.6 Å². The Morgan fingerprint density at radius 3 is 2.62 bits per heavy atom. The number of halogens is 2. The number of rotatable bonds is 3. The van der Waals surface area contributed by atoms with Crippen molar-refractivity contribution in [3.63, 3.8) is 0 Å². The number of thiophene rings is 1. The normalized spacial score (nSPS) is 22.0. The molecule has 0 radical (unpaired) electrons. The van der Waals surface area contributed by atoms with E-state index in [-0.39, 0.29) is 30.8 Å². The van der Waals surface area contributed by atoms with Gasteiger partial charge in [-0.05, 0) is 38.7 Å². The third-order valence-corrected chi connectivity index (χ3v) is 6.89. The molecule has 0 aliphatic heterocycles. The topological polar surface area (TPSA) is 46.9 Å². The molecule has 2 aliphatic carbocycles. The molecule has 2 heterocycles. The van der Waals surface area contributed by atoms with Crippen molar-refractivity contribution in [1.82, 2.24) is 15.1 Å². The molecule has 0 aromatic carbocycles. The van der Waals surface area contributed by atoms with Crippen LogP contribution in [-0.2, 0) is 0 Å². The van der Waals surface area contributed by atoms with E-state index in [0.717, 1.165) is 28.8 Å². The van der Waals surface area contributed by atoms with Gasteiger partial charge < -0.3 is 5.32 Å². The first kappa shape index (κ1) is 17.9. The maximum atomic E-state index is 13.5. The van der Waals surface area contributed by atoms with Gasteiger partial charge >= 0.3 is 0 Å². The molecule has 4 rings (SSSR count). The minimum atomic E-state index is -2.54. The van der Waals surface area contributed by atoms with E-state index in [4.69, 9.17) is 0 Å². The zero-order valence-electron chi connectivity index (χ0n) is 15.1. The maximum Gasteiger partial charge on any atom is 0.261 e. The summed E-state index contributed by atoms with van der Waals surface area (Å²) in [5.74, 6) is -2.56. The summed E-state index contributed by atoms with van der Waals surface area (Å²) in [4.78, 5) is 14.3. The second-order valence-corrected chi connectivity index (χ2v) is 8.79. The SMILES string of the molecule is Cc1nn(C2CCC(F)(F)CC2)c2sc(C(=O)NC3CCCCC3)cc12. The van der Waals surface area contributed by atoms with E-state index in [0.29, 0.717) is 17.7 Å². The number of carbonyl (C=O) groups is 1. The van der Waals surface area contributed by atoms with Crippen molar-refractivity contribution in [3.8, 4) is 0 Å². The number of aromatic nitrogens is 2. The summed E-state index contributed by atoms with van der Waals surface area (Å²) in [6.45, 7) is 1.92. The molecule has 1 amide bonds. The fourth-order valence-electron chi connectivity index (χ4n) is 4.20. The van der Waals surface area contributed by atoms with E-state index in [1.54, 1.807) is 0 Å². The van der Waals surface area contributed by atoms with Gasteiger partial charge in [-0.25, -0.2) is 8.78 Å². The van der Waals surface area contributed by atoms with Gasteiger partial charge in [0, 0.05) is 24.3 Å². The summed E-state index contributed by atoms with van der Waals surface area (Å²) in [5, 5.41) is 8.72. The third-order valence-electron chi connectivity index (χ3n) is 5.76. The van der Waals surface area contributed by atoms with Gasteiger partial charge in [-0.1, -0.05) is 19.3 Å². The lowest BCUT2D eigenvalue weighted by Gasteiger charge is -2.28. The minimum Gasteiger partial charge on any atom is -0.349 e. The highest BCUT2D eigenvalue weighted by Crippen LogP contribution is 2.41. The van der Waals surface area contributed by atoms with E-state index in [1.165, 1.54) is 30.6 Å². The molecule has 2 aliphatic rings. The molecule has 2 saturated carbocycles. The van der Waals surface area contributed by atoms with Crippen LogP contribution in [0.5, 0.6) is 0 Å². The Balaban J connectivity index is 1.54. The van der Waals surface area contributed by atoms with Crippen LogP contribution < -0.4 is 5.32 Å². The van der Waals surface area contributed by atoms with E-state index >= 15 is 0 Å². The number of amides is 1. The fourth-order valence-corrected chi connectivity index (χ4v) is 5.34. The lowest BCUT2D eigenvalue weighted by Crippen LogP contribution is -2.35. The lowest BCUT2D eigenvalue weighted by molar-refractivity contribution is -0.0445. The van der Waals surface area contributed by atoms with Gasteiger partial charge in [0.05, 0.1) is 16.6 Å². The zero-order valence-corrected chi connectivity index (χ0v) is 15.9. The third kappa shape index (κ3) is 3.50. The number of alkyl halides is 2. The predicted octanol–water partition coefficient (Wildman–Crippen LogP) is 5.22. The van der Waals surface area contributed by atoms with Crippen LogP contribution >= 0.6 is 11.3 Å². The van der Waals surface area contributed by atoms with Gasteiger partial charge in [0.15, 0.2) is 0 Å². The smallest absolute Gasteiger partial charge is 0.261 e. The minimum absolute atomic E-state index is 0.00118. The highest BCUT2D eigenvalue weighted by molar-refractivity contribution is 7.20. The molecule has 0 spiro atoms. The molecule has 2 fully saturated rings. The van der Waals surface area contributed by atoms with Crippen LogP contribution in [-0.4, -0.2) is 27.7 Å². The molecule has 142 valence electrons. The van der Waals surface area contributed by atoms with E-state index in [1.807, 2.05) is 17.7 Å². The van der Waals surface area contributed by atoms with Crippen molar-refractivity contribution in [1.29, 1.82) is 0 Å². The fraction of sp³-hybridized carbons (Fsp3) is 0.684. The quantitative estimate of drug-likeness (QED) is 0.792. The molecule has 26 heavy (non-hydrogen) atoms. The van der Waals surface area contributed by atoms with Gasteiger partial charge in [0.2, 0.25) is 5.92 Å². The molecular weight excluding hydrogens is 356 g/mol. The average Bonchev–Trinajstić information content (AvgIpc) is 3.17. The highest BCUT2D eigenvalue weighted by Gasteiger charge is 2.36. The number of carbonyl (C=O) groups excluding carboxylic acids is 1. The van der Waals surface area contributed by atoms with Gasteiger partial charge in [-0.2, -0.15) is 5.10 Å². The summed E-state index contributed by atoms with van der Waals surface area (Å²) in [7, 11) is 0. The van der Waals surface area contributed by atoms with Crippen LogP contribution in [0.25, 0.3) is 10.2 Å². The van der Waals surface area contributed by atoms with Crippen LogP contribution in [0.2, 0.25) is 0 Å². The van der Waals surface area contributed by atoms with Crippen LogP contribution in [0, 0.1) is 6.92 Å². The van der Waals surface area contributed by atoms with E-state index in [2.05, 4.69) is 10.4 Å². The number of nitrogens with zero attached hydrogens (tertiary/aromatic N) is 2. The van der Waals surface area contributed by atoms with Crippen LogP contribution in [0.15, 0.2) is 6.07 Å². The molecule has 4 nitrogen and oxygen atoms in total. The van der Waals surface area contributed by atoms with Gasteiger partial charge in [0.25, 0.3) is 5.91 Å². The number of hydrogen-bond donors (Lipinski definition) is 1. The van der Waals surface area contributed by atoms with Crippen LogP contribution in [0.4, 0.5) is 8.78 Å². The lowest BCUT2D eigenvalue weighted by atomic mass is 9.92. The van der Waals surface area contributed by atoms with Crippen molar-refractivity contribution in [2.24, 2.45) is 0 Å². The molecule has 1 N–H and O–H groups in total. The molecule has 7 heteroatoms. The van der Waals surface area contributed by atoms with Crippen molar-refractivity contribution < 1.29 is 13.6 Å². The first-order valence-electron chi connectivity index (χ1n) is 9.60. The number of fused-ring (bicyclic) bond motifs is 1. The van der Waals surface area contributed by atoms with Gasteiger partial charge in [-0.3, -0.25) is 9.48 Å². The Bertz CT molecular complexity index is 797. The molecule has 0 atom stereocenters. The highest BCUT2D eigenvalue weighted by atomic mass is 32.1. The number of nitrogens with one attached hydrogen (secondary N) is 1. The molecule has 0 saturated heterocycles. The molecular formula is C19H25F2N3OS. The van der Waals surface area contributed by atoms with E-state index < -0.39 is 5.92 Å². The number of hydrogen-bond acceptors (Lipinski definition) is 3. The summed E-state index contributed by atoms with van der Waals surface area (Å²) in [6, 6.07) is 2.19. The summed E-state index contributed by atoms with van der Waals surface area (Å²) in [5.41, 5.74) is 0.866. The predicted molar refractivity (Wildman–Crippen MR) is 99.1 cm³/mol. The van der Waals surface area contributed by atoms with Gasteiger partial charge in [0.1, 0.15) is 4.83 Å². The maximum absolute atomic E-state index is 13.5. The largest absolute Gasteiger partial charge is 0.349 e. The summed E-state index contributed by atoms with van der Waals surface area (Å²) < 4.78 is 28.8. The Labute approximate surface area is 156 Å². The summed E-state index contributed by atoms with van der Waals surface area (Å²) in [6.07, 6.45) is 6.42. The van der Waals surface area contributed by atoms with Crippen LogP contribution in [0.1, 0.15) is 79.2 Å². The zero-order chi connectivity index (χ0) is 18.3. The second-order valence-electron chi connectivity index (χ2n) is 7.75. The molecule has 0 bridgehead atoms. The van der Waals surface area contributed by atoms with Crippen molar-refractivity contribution >= 4 is 27.5 Å². The Morgan fingerprint density at radius 2 is 1.92 bits per heavy atom. The summed E-state index contributed by atoms with van der Waals surface area (Å²) >= 11 is 1.44. The van der Waals surface area contributed by atoms with Crippen molar-refractivity contribution in [2.75, 3.05) is 0 Å². The monoisotopic (exact) mass is 381 g/mol. The molecule has 0 unspecified atom stereocenters. The average molecular weight is 381 g/mol. The second kappa shape index (κ2) is 6.91. The Kier molecular flexibility index (Phi) is 4.75.